The molecule has 0 fully saturated rings. The van der Waals surface area contributed by atoms with Crippen molar-refractivity contribution in [2.24, 2.45) is 0 Å². The molecular weight excluding hydrogens is 152 g/mol. The van der Waals surface area contributed by atoms with E-state index >= 15 is 0 Å². The Kier molecular flexibility index (Phi) is 9.55. The number of hydrogen-bond acceptors (Lipinski definition) is 6. The van der Waals surface area contributed by atoms with Gasteiger partial charge in [-0.2, -0.15) is 0 Å². The topological polar surface area (TPSA) is 83.0 Å². The lowest BCUT2D eigenvalue weighted by Crippen LogP contribution is -2.18. The predicted molar refractivity (Wildman–Crippen MR) is 36.3 cm³/mol. The third kappa shape index (κ3) is 9.76. The Bertz CT molecular complexity index is 65.5. The lowest BCUT2D eigenvalue weighted by Gasteiger charge is -2.03. The van der Waals surface area contributed by atoms with Crippen molar-refractivity contribution >= 4 is 0 Å². The van der Waals surface area contributed by atoms with Crippen LogP contribution in [0.2, 0.25) is 0 Å². The molecule has 0 bridgehead atoms. The number of hydrogen-bond donors (Lipinski definition) is 4. The quantitative estimate of drug-likeness (QED) is 0.209. The van der Waals surface area contributed by atoms with Crippen LogP contribution in [-0.4, -0.2) is 43.5 Å². The van der Waals surface area contributed by atoms with E-state index in [2.05, 4.69) is 0 Å². The van der Waals surface area contributed by atoms with Crippen molar-refractivity contribution in [3.63, 3.8) is 0 Å². The van der Waals surface area contributed by atoms with Gasteiger partial charge in [-0.3, -0.25) is 0 Å². The van der Waals surface area contributed by atoms with Crippen LogP contribution in [0.25, 0.3) is 0 Å². The average molecular weight is 166 g/mol. The highest BCUT2D eigenvalue weighted by molar-refractivity contribution is 4.30. The molecule has 6 heteroatoms. The van der Waals surface area contributed by atoms with Crippen molar-refractivity contribution in [3.05, 3.63) is 0 Å². The second-order valence-corrected chi connectivity index (χ2v) is 1.75. The van der Waals surface area contributed by atoms with Crippen LogP contribution in [0.1, 0.15) is 0 Å². The summed E-state index contributed by atoms with van der Waals surface area (Å²) < 4.78 is 9.73. The van der Waals surface area contributed by atoms with Crippen molar-refractivity contribution in [2.75, 3.05) is 33.1 Å². The summed E-state index contributed by atoms with van der Waals surface area (Å²) in [5.41, 5.74) is 3.87. The molecule has 0 amide bonds. The molecular formula is C5H14N2O4. The Morgan fingerprint density at radius 1 is 0.909 bits per heavy atom. The highest BCUT2D eigenvalue weighted by Gasteiger charge is 1.87. The van der Waals surface area contributed by atoms with Crippen LogP contribution >= 0.6 is 0 Å². The van der Waals surface area contributed by atoms with E-state index in [1.54, 1.807) is 0 Å². The lowest BCUT2D eigenvalue weighted by molar-refractivity contribution is -0.0609. The van der Waals surface area contributed by atoms with Gasteiger partial charge in [0, 0.05) is 13.1 Å². The van der Waals surface area contributed by atoms with Crippen LogP contribution in [0.3, 0.4) is 0 Å². The molecule has 6 nitrogen and oxygen atoms in total. The maximum atomic E-state index is 8.09. The summed E-state index contributed by atoms with van der Waals surface area (Å²) in [5, 5.41) is 16.2. The fourth-order valence-electron chi connectivity index (χ4n) is 0.412. The maximum absolute atomic E-state index is 8.09. The third-order valence-corrected chi connectivity index (χ3v) is 0.883. The van der Waals surface area contributed by atoms with Gasteiger partial charge in [-0.15, -0.1) is 0 Å². The van der Waals surface area contributed by atoms with E-state index in [-0.39, 0.29) is 6.79 Å². The molecule has 0 spiro atoms. The standard InChI is InChI=1S/C5H14N2O4/c8-6-1-3-10-5-11-4-2-7-9/h6-9H,1-5H2. The Balaban J connectivity index is 2.69. The summed E-state index contributed by atoms with van der Waals surface area (Å²) in [6.07, 6.45) is 0. The Morgan fingerprint density at radius 3 is 1.73 bits per heavy atom. The van der Waals surface area contributed by atoms with E-state index in [9.17, 15) is 0 Å². The van der Waals surface area contributed by atoms with E-state index in [0.29, 0.717) is 26.3 Å². The molecule has 0 saturated heterocycles. The molecule has 0 aliphatic rings. The average Bonchev–Trinajstić information content (AvgIpc) is 2.03. The molecule has 11 heavy (non-hydrogen) atoms. The third-order valence-electron chi connectivity index (χ3n) is 0.883. The largest absolute Gasteiger partial charge is 0.354 e. The molecule has 4 N–H and O–H groups in total. The lowest BCUT2D eigenvalue weighted by atomic mass is 10.7. The van der Waals surface area contributed by atoms with Gasteiger partial charge in [0.05, 0.1) is 13.2 Å². The molecule has 0 radical (unpaired) electrons. The summed E-state index contributed by atoms with van der Waals surface area (Å²) in [5.74, 6) is 0. The molecule has 0 aliphatic carbocycles. The van der Waals surface area contributed by atoms with E-state index in [1.165, 1.54) is 0 Å². The highest BCUT2D eigenvalue weighted by atomic mass is 16.7. The highest BCUT2D eigenvalue weighted by Crippen LogP contribution is 1.75. The molecule has 68 valence electrons. The zero-order chi connectivity index (χ0) is 8.36. The molecule has 0 saturated carbocycles. The molecule has 0 atom stereocenters. The van der Waals surface area contributed by atoms with Gasteiger partial charge in [-0.05, 0) is 0 Å². The van der Waals surface area contributed by atoms with Crippen LogP contribution in [0.15, 0.2) is 0 Å². The number of rotatable bonds is 8. The van der Waals surface area contributed by atoms with Gasteiger partial charge in [0.2, 0.25) is 0 Å². The summed E-state index contributed by atoms with van der Waals surface area (Å²) in [4.78, 5) is 0. The minimum atomic E-state index is 0.170. The Hall–Kier alpha value is -0.240. The van der Waals surface area contributed by atoms with E-state index in [4.69, 9.17) is 19.9 Å². The van der Waals surface area contributed by atoms with Crippen molar-refractivity contribution in [2.45, 2.75) is 0 Å². The monoisotopic (exact) mass is 166 g/mol. The molecule has 0 heterocycles. The van der Waals surface area contributed by atoms with Gasteiger partial charge in [0.1, 0.15) is 6.79 Å². The van der Waals surface area contributed by atoms with Crippen LogP contribution in [0, 0.1) is 0 Å². The number of hydroxylamine groups is 2. The molecule has 0 rings (SSSR count). The normalized spacial score (nSPS) is 10.4. The van der Waals surface area contributed by atoms with Crippen LogP contribution in [0.5, 0.6) is 0 Å². The van der Waals surface area contributed by atoms with E-state index < -0.39 is 0 Å². The van der Waals surface area contributed by atoms with Crippen molar-refractivity contribution in [3.8, 4) is 0 Å². The first-order valence-electron chi connectivity index (χ1n) is 3.31. The Labute approximate surface area is 65.0 Å². The van der Waals surface area contributed by atoms with E-state index in [0.717, 1.165) is 0 Å². The minimum Gasteiger partial charge on any atom is -0.354 e. The zero-order valence-electron chi connectivity index (χ0n) is 6.25. The summed E-state index contributed by atoms with van der Waals surface area (Å²) in [7, 11) is 0. The summed E-state index contributed by atoms with van der Waals surface area (Å²) in [6.45, 7) is 1.71. The van der Waals surface area contributed by atoms with Crippen molar-refractivity contribution in [1.29, 1.82) is 0 Å². The first-order chi connectivity index (χ1) is 5.41. The second-order valence-electron chi connectivity index (χ2n) is 1.75. The summed E-state index contributed by atoms with van der Waals surface area (Å²) in [6, 6.07) is 0. The van der Waals surface area contributed by atoms with Gasteiger partial charge in [0.25, 0.3) is 0 Å². The fraction of sp³-hybridized carbons (Fsp3) is 1.00. The zero-order valence-corrected chi connectivity index (χ0v) is 6.25. The van der Waals surface area contributed by atoms with Gasteiger partial charge in [-0.1, -0.05) is 0 Å². The minimum absolute atomic E-state index is 0.170. The van der Waals surface area contributed by atoms with Crippen LogP contribution < -0.4 is 11.0 Å². The number of nitrogens with one attached hydrogen (secondary N) is 2. The Morgan fingerprint density at radius 2 is 1.36 bits per heavy atom. The molecule has 0 unspecified atom stereocenters. The van der Waals surface area contributed by atoms with Crippen molar-refractivity contribution in [1.82, 2.24) is 11.0 Å². The second kappa shape index (κ2) is 9.76. The first-order valence-corrected chi connectivity index (χ1v) is 3.31. The predicted octanol–water partition coefficient (Wildman–Crippen LogP) is -1.07. The van der Waals surface area contributed by atoms with Crippen LogP contribution in [0.4, 0.5) is 0 Å². The van der Waals surface area contributed by atoms with Gasteiger partial charge in [-0.25, -0.2) is 11.0 Å². The van der Waals surface area contributed by atoms with Gasteiger partial charge < -0.3 is 19.9 Å². The van der Waals surface area contributed by atoms with Gasteiger partial charge >= 0.3 is 0 Å². The first kappa shape index (κ1) is 10.8. The molecule has 0 aromatic carbocycles. The molecule has 0 aromatic rings. The fourth-order valence-corrected chi connectivity index (χ4v) is 0.412. The van der Waals surface area contributed by atoms with Crippen LogP contribution in [-0.2, 0) is 9.47 Å². The smallest absolute Gasteiger partial charge is 0.146 e. The molecule has 0 aromatic heterocycles. The van der Waals surface area contributed by atoms with Gasteiger partial charge in [0.15, 0.2) is 0 Å². The summed E-state index contributed by atoms with van der Waals surface area (Å²) >= 11 is 0. The molecule has 0 aliphatic heterocycles. The maximum Gasteiger partial charge on any atom is 0.146 e. The SMILES string of the molecule is ONCCOCOCCNO. The van der Waals surface area contributed by atoms with E-state index in [1.807, 2.05) is 11.0 Å². The number of ether oxygens (including phenoxy) is 2. The van der Waals surface area contributed by atoms with Crippen molar-refractivity contribution < 1.29 is 19.9 Å².